The van der Waals surface area contributed by atoms with E-state index in [2.05, 4.69) is 10.3 Å². The van der Waals surface area contributed by atoms with Crippen LogP contribution >= 0.6 is 0 Å². The molecule has 0 spiro atoms. The van der Waals surface area contributed by atoms with Gasteiger partial charge in [-0.3, -0.25) is 4.98 Å². The zero-order chi connectivity index (χ0) is 9.36. The van der Waals surface area contributed by atoms with Crippen LogP contribution in [0.1, 0.15) is 12.8 Å². The molecule has 0 atom stereocenters. The van der Waals surface area contributed by atoms with Crippen LogP contribution in [0.2, 0.25) is 0 Å². The number of pyridine rings is 1. The van der Waals surface area contributed by atoms with Crippen molar-refractivity contribution in [2.75, 3.05) is 20.2 Å². The number of rotatable bonds is 6. The van der Waals surface area contributed by atoms with Gasteiger partial charge in [-0.1, -0.05) is 0 Å². The third kappa shape index (κ3) is 4.48. The third-order valence-corrected chi connectivity index (χ3v) is 1.74. The van der Waals surface area contributed by atoms with E-state index in [1.54, 1.807) is 12.4 Å². The lowest BCUT2D eigenvalue weighted by molar-refractivity contribution is 0.306. The molecule has 0 saturated heterocycles. The Bertz CT molecular complexity index is 213. The number of aromatic nitrogens is 1. The molecule has 0 unspecified atom stereocenters. The van der Waals surface area contributed by atoms with Crippen LogP contribution in [-0.4, -0.2) is 25.2 Å². The Morgan fingerprint density at radius 2 is 2.08 bits per heavy atom. The van der Waals surface area contributed by atoms with E-state index in [-0.39, 0.29) is 0 Å². The zero-order valence-corrected chi connectivity index (χ0v) is 7.99. The van der Waals surface area contributed by atoms with E-state index in [9.17, 15) is 0 Å². The minimum absolute atomic E-state index is 0.783. The molecular weight excluding hydrogens is 164 g/mol. The van der Waals surface area contributed by atoms with Crippen LogP contribution in [0.25, 0.3) is 0 Å². The number of hydrogen-bond donors (Lipinski definition) is 1. The van der Waals surface area contributed by atoms with Gasteiger partial charge >= 0.3 is 0 Å². The van der Waals surface area contributed by atoms with Gasteiger partial charge in [0, 0.05) is 12.4 Å². The molecule has 0 radical (unpaired) electrons. The van der Waals surface area contributed by atoms with Crippen LogP contribution in [0.5, 0.6) is 5.75 Å². The lowest BCUT2D eigenvalue weighted by Crippen LogP contribution is -2.09. The highest BCUT2D eigenvalue weighted by Crippen LogP contribution is 2.06. The lowest BCUT2D eigenvalue weighted by Gasteiger charge is -2.04. The standard InChI is InChI=1S/C10H16N2O/c1-11-6-2-3-9-13-10-4-7-12-8-5-10/h4-5,7-8,11H,2-3,6,9H2,1H3. The molecule has 1 aromatic rings. The summed E-state index contributed by atoms with van der Waals surface area (Å²) < 4.78 is 5.48. The summed E-state index contributed by atoms with van der Waals surface area (Å²) >= 11 is 0. The number of nitrogens with one attached hydrogen (secondary N) is 1. The maximum atomic E-state index is 5.48. The second-order valence-corrected chi connectivity index (χ2v) is 2.84. The fourth-order valence-electron chi connectivity index (χ4n) is 1.03. The Kier molecular flexibility index (Phi) is 4.94. The number of nitrogens with zero attached hydrogens (tertiary/aromatic N) is 1. The Labute approximate surface area is 79.1 Å². The molecule has 0 fully saturated rings. The van der Waals surface area contributed by atoms with E-state index in [0.717, 1.165) is 31.7 Å². The number of ether oxygens (including phenoxy) is 1. The Morgan fingerprint density at radius 3 is 2.77 bits per heavy atom. The molecule has 0 aliphatic heterocycles. The highest BCUT2D eigenvalue weighted by atomic mass is 16.5. The van der Waals surface area contributed by atoms with Crippen molar-refractivity contribution in [3.05, 3.63) is 24.5 Å². The summed E-state index contributed by atoms with van der Waals surface area (Å²) in [5, 5.41) is 3.10. The van der Waals surface area contributed by atoms with Crippen molar-refractivity contribution in [2.45, 2.75) is 12.8 Å². The van der Waals surface area contributed by atoms with Crippen molar-refractivity contribution in [1.82, 2.24) is 10.3 Å². The van der Waals surface area contributed by atoms with Gasteiger partial charge in [0.25, 0.3) is 0 Å². The van der Waals surface area contributed by atoms with E-state index in [1.165, 1.54) is 0 Å². The molecule has 0 aliphatic carbocycles. The van der Waals surface area contributed by atoms with Gasteiger partial charge in [-0.15, -0.1) is 0 Å². The second kappa shape index (κ2) is 6.43. The van der Waals surface area contributed by atoms with Crippen molar-refractivity contribution < 1.29 is 4.74 Å². The van der Waals surface area contributed by atoms with E-state index in [0.29, 0.717) is 0 Å². The third-order valence-electron chi connectivity index (χ3n) is 1.74. The fourth-order valence-corrected chi connectivity index (χ4v) is 1.03. The first-order valence-corrected chi connectivity index (χ1v) is 4.61. The van der Waals surface area contributed by atoms with Crippen LogP contribution in [0, 0.1) is 0 Å². The molecule has 0 saturated carbocycles. The first kappa shape index (κ1) is 9.99. The molecule has 0 aromatic carbocycles. The Balaban J connectivity index is 2.07. The average molecular weight is 180 g/mol. The maximum Gasteiger partial charge on any atom is 0.122 e. The summed E-state index contributed by atoms with van der Waals surface area (Å²) in [5.41, 5.74) is 0. The lowest BCUT2D eigenvalue weighted by atomic mass is 10.3. The summed E-state index contributed by atoms with van der Waals surface area (Å²) in [6, 6.07) is 3.75. The molecule has 1 N–H and O–H groups in total. The minimum atomic E-state index is 0.783. The highest BCUT2D eigenvalue weighted by molar-refractivity contribution is 5.16. The summed E-state index contributed by atoms with van der Waals surface area (Å²) in [6.07, 6.45) is 5.72. The van der Waals surface area contributed by atoms with Crippen molar-refractivity contribution >= 4 is 0 Å². The van der Waals surface area contributed by atoms with E-state index >= 15 is 0 Å². The maximum absolute atomic E-state index is 5.48. The van der Waals surface area contributed by atoms with Crippen molar-refractivity contribution in [3.8, 4) is 5.75 Å². The monoisotopic (exact) mass is 180 g/mol. The average Bonchev–Trinajstić information content (AvgIpc) is 2.19. The SMILES string of the molecule is CNCCCCOc1ccncc1. The first-order chi connectivity index (χ1) is 6.43. The number of hydrogen-bond acceptors (Lipinski definition) is 3. The molecular formula is C10H16N2O. The topological polar surface area (TPSA) is 34.1 Å². The summed E-state index contributed by atoms with van der Waals surface area (Å²) in [4.78, 5) is 3.91. The highest BCUT2D eigenvalue weighted by Gasteiger charge is 1.91. The zero-order valence-electron chi connectivity index (χ0n) is 7.99. The van der Waals surface area contributed by atoms with Gasteiger partial charge in [-0.2, -0.15) is 0 Å². The molecule has 1 heterocycles. The molecule has 13 heavy (non-hydrogen) atoms. The number of unbranched alkanes of at least 4 members (excludes halogenated alkanes) is 1. The van der Waals surface area contributed by atoms with Crippen LogP contribution < -0.4 is 10.1 Å². The predicted octanol–water partition coefficient (Wildman–Crippen LogP) is 1.46. The van der Waals surface area contributed by atoms with Gasteiger partial charge in [-0.25, -0.2) is 0 Å². The second-order valence-electron chi connectivity index (χ2n) is 2.84. The van der Waals surface area contributed by atoms with Gasteiger partial charge < -0.3 is 10.1 Å². The van der Waals surface area contributed by atoms with Gasteiger partial charge in [0.05, 0.1) is 6.61 Å². The van der Waals surface area contributed by atoms with E-state index < -0.39 is 0 Å². The molecule has 1 rings (SSSR count). The summed E-state index contributed by atoms with van der Waals surface area (Å²) in [5.74, 6) is 0.902. The summed E-state index contributed by atoms with van der Waals surface area (Å²) in [7, 11) is 1.96. The molecule has 3 heteroatoms. The normalized spacial score (nSPS) is 9.92. The van der Waals surface area contributed by atoms with Crippen molar-refractivity contribution in [2.24, 2.45) is 0 Å². The molecule has 0 amide bonds. The van der Waals surface area contributed by atoms with Crippen LogP contribution in [0.3, 0.4) is 0 Å². The minimum Gasteiger partial charge on any atom is -0.493 e. The van der Waals surface area contributed by atoms with Gasteiger partial charge in [0.1, 0.15) is 5.75 Å². The quantitative estimate of drug-likeness (QED) is 0.673. The molecule has 0 aliphatic rings. The van der Waals surface area contributed by atoms with E-state index in [4.69, 9.17) is 4.74 Å². The fraction of sp³-hybridized carbons (Fsp3) is 0.500. The van der Waals surface area contributed by atoms with Crippen LogP contribution in [0.4, 0.5) is 0 Å². The van der Waals surface area contributed by atoms with Crippen molar-refractivity contribution in [1.29, 1.82) is 0 Å². The molecule has 3 nitrogen and oxygen atoms in total. The smallest absolute Gasteiger partial charge is 0.122 e. The van der Waals surface area contributed by atoms with Crippen LogP contribution in [0.15, 0.2) is 24.5 Å². The van der Waals surface area contributed by atoms with Crippen molar-refractivity contribution in [3.63, 3.8) is 0 Å². The van der Waals surface area contributed by atoms with Gasteiger partial charge in [0.2, 0.25) is 0 Å². The van der Waals surface area contributed by atoms with Crippen LogP contribution in [-0.2, 0) is 0 Å². The molecule has 72 valence electrons. The van der Waals surface area contributed by atoms with Gasteiger partial charge in [0.15, 0.2) is 0 Å². The molecule has 1 aromatic heterocycles. The molecule has 0 bridgehead atoms. The predicted molar refractivity (Wildman–Crippen MR) is 52.9 cm³/mol. The largest absolute Gasteiger partial charge is 0.493 e. The Morgan fingerprint density at radius 1 is 1.31 bits per heavy atom. The first-order valence-electron chi connectivity index (χ1n) is 4.61. The summed E-state index contributed by atoms with van der Waals surface area (Å²) in [6.45, 7) is 1.84. The van der Waals surface area contributed by atoms with E-state index in [1.807, 2.05) is 19.2 Å². The Hall–Kier alpha value is -1.09. The van der Waals surface area contributed by atoms with Gasteiger partial charge in [-0.05, 0) is 38.6 Å².